The van der Waals surface area contributed by atoms with Gasteiger partial charge in [-0.3, -0.25) is 0 Å². The molecule has 5 nitrogen and oxygen atoms in total. The van der Waals surface area contributed by atoms with E-state index >= 15 is 0 Å². The van der Waals surface area contributed by atoms with E-state index in [0.29, 0.717) is 22.8 Å². The Morgan fingerprint density at radius 3 is 2.48 bits per heavy atom. The average molecular weight is 375 g/mol. The van der Waals surface area contributed by atoms with Gasteiger partial charge in [0, 0.05) is 12.1 Å². The standard InChI is InChI=1S/C21H26FNO4/c1-6-25-20(24)21(4,5)27-19-8-7-17(9-13(19)2)26-18-11-15(14(3)23)10-16(22)12-18/h7-12,14H,6,23H2,1-5H3/t14-/m0/s1. The smallest absolute Gasteiger partial charge is 0.349 e. The third-order valence-corrected chi connectivity index (χ3v) is 3.93. The summed E-state index contributed by atoms with van der Waals surface area (Å²) in [4.78, 5) is 12.0. The van der Waals surface area contributed by atoms with Gasteiger partial charge in [0.1, 0.15) is 23.1 Å². The summed E-state index contributed by atoms with van der Waals surface area (Å²) in [5, 5.41) is 0. The number of hydrogen-bond acceptors (Lipinski definition) is 5. The Kier molecular flexibility index (Phi) is 6.44. The van der Waals surface area contributed by atoms with Crippen LogP contribution in [-0.4, -0.2) is 18.2 Å². The number of halogens is 1. The molecule has 0 fully saturated rings. The number of carbonyl (C=O) groups is 1. The molecule has 0 saturated heterocycles. The summed E-state index contributed by atoms with van der Waals surface area (Å²) < 4.78 is 30.4. The lowest BCUT2D eigenvalue weighted by Gasteiger charge is -2.25. The van der Waals surface area contributed by atoms with Gasteiger partial charge in [0.2, 0.25) is 0 Å². The van der Waals surface area contributed by atoms with E-state index in [9.17, 15) is 9.18 Å². The molecule has 2 rings (SSSR count). The number of aryl methyl sites for hydroxylation is 1. The van der Waals surface area contributed by atoms with E-state index < -0.39 is 17.4 Å². The summed E-state index contributed by atoms with van der Waals surface area (Å²) in [6.45, 7) is 8.94. The molecule has 0 aromatic heterocycles. The summed E-state index contributed by atoms with van der Waals surface area (Å²) >= 11 is 0. The first-order valence-corrected chi connectivity index (χ1v) is 8.83. The van der Waals surface area contributed by atoms with Crippen LogP contribution < -0.4 is 15.2 Å². The molecule has 2 aromatic rings. The van der Waals surface area contributed by atoms with Gasteiger partial charge in [0.05, 0.1) is 6.61 Å². The molecule has 0 radical (unpaired) electrons. The second-order valence-corrected chi connectivity index (χ2v) is 6.87. The number of ether oxygens (including phenoxy) is 3. The van der Waals surface area contributed by atoms with Crippen molar-refractivity contribution in [2.45, 2.75) is 46.3 Å². The van der Waals surface area contributed by atoms with Crippen molar-refractivity contribution in [2.75, 3.05) is 6.61 Å². The fourth-order valence-electron chi connectivity index (χ4n) is 2.46. The van der Waals surface area contributed by atoms with E-state index in [4.69, 9.17) is 19.9 Å². The maximum absolute atomic E-state index is 13.8. The van der Waals surface area contributed by atoms with E-state index in [1.165, 1.54) is 12.1 Å². The molecule has 1 atom stereocenters. The minimum absolute atomic E-state index is 0.286. The quantitative estimate of drug-likeness (QED) is 0.712. The zero-order chi connectivity index (χ0) is 20.2. The molecular weight excluding hydrogens is 349 g/mol. The van der Waals surface area contributed by atoms with E-state index in [1.807, 2.05) is 6.92 Å². The van der Waals surface area contributed by atoms with Gasteiger partial charge in [0.25, 0.3) is 0 Å². The normalized spacial score (nSPS) is 12.4. The van der Waals surface area contributed by atoms with Crippen molar-refractivity contribution in [3.05, 3.63) is 53.3 Å². The number of carbonyl (C=O) groups excluding carboxylic acids is 1. The highest BCUT2D eigenvalue weighted by Crippen LogP contribution is 2.31. The Balaban J connectivity index is 2.19. The van der Waals surface area contributed by atoms with Crippen LogP contribution in [-0.2, 0) is 9.53 Å². The second-order valence-electron chi connectivity index (χ2n) is 6.87. The van der Waals surface area contributed by atoms with Crippen molar-refractivity contribution in [3.63, 3.8) is 0 Å². The minimum Gasteiger partial charge on any atom is -0.476 e. The number of esters is 1. The van der Waals surface area contributed by atoms with Crippen molar-refractivity contribution < 1.29 is 23.4 Å². The minimum atomic E-state index is -1.11. The van der Waals surface area contributed by atoms with E-state index in [0.717, 1.165) is 5.56 Å². The van der Waals surface area contributed by atoms with E-state index in [-0.39, 0.29) is 12.6 Å². The largest absolute Gasteiger partial charge is 0.476 e. The Morgan fingerprint density at radius 2 is 1.89 bits per heavy atom. The van der Waals surface area contributed by atoms with Gasteiger partial charge < -0.3 is 19.9 Å². The zero-order valence-corrected chi connectivity index (χ0v) is 16.3. The fraction of sp³-hybridized carbons (Fsp3) is 0.381. The van der Waals surface area contributed by atoms with E-state index in [2.05, 4.69) is 0 Å². The molecule has 146 valence electrons. The van der Waals surface area contributed by atoms with Gasteiger partial charge in [-0.05, 0) is 76.1 Å². The van der Waals surface area contributed by atoms with Gasteiger partial charge >= 0.3 is 5.97 Å². The zero-order valence-electron chi connectivity index (χ0n) is 16.3. The van der Waals surface area contributed by atoms with E-state index in [1.54, 1.807) is 52.0 Å². The van der Waals surface area contributed by atoms with Crippen LogP contribution in [0, 0.1) is 12.7 Å². The molecular formula is C21H26FNO4. The number of benzene rings is 2. The molecule has 0 aliphatic heterocycles. The van der Waals surface area contributed by atoms with Crippen molar-refractivity contribution in [2.24, 2.45) is 5.73 Å². The van der Waals surface area contributed by atoms with Crippen LogP contribution in [0.3, 0.4) is 0 Å². The van der Waals surface area contributed by atoms with Gasteiger partial charge in [-0.1, -0.05) is 0 Å². The highest BCUT2D eigenvalue weighted by Gasteiger charge is 2.32. The van der Waals surface area contributed by atoms with Crippen molar-refractivity contribution in [3.8, 4) is 17.2 Å². The maximum Gasteiger partial charge on any atom is 0.349 e. The topological polar surface area (TPSA) is 70.8 Å². The third-order valence-electron chi connectivity index (χ3n) is 3.93. The summed E-state index contributed by atoms with van der Waals surface area (Å²) in [6.07, 6.45) is 0. The SMILES string of the molecule is CCOC(=O)C(C)(C)Oc1ccc(Oc2cc(F)cc([C@H](C)N)c2)cc1C. The Morgan fingerprint density at radius 1 is 1.19 bits per heavy atom. The molecule has 0 bridgehead atoms. The van der Waals surface area contributed by atoms with Crippen LogP contribution in [0.25, 0.3) is 0 Å². The number of nitrogens with two attached hydrogens (primary N) is 1. The van der Waals surface area contributed by atoms with Gasteiger partial charge in [-0.25, -0.2) is 9.18 Å². The third kappa shape index (κ3) is 5.44. The van der Waals surface area contributed by atoms with Gasteiger partial charge in [-0.2, -0.15) is 0 Å². The highest BCUT2D eigenvalue weighted by atomic mass is 19.1. The van der Waals surface area contributed by atoms with Crippen LogP contribution in [0.5, 0.6) is 17.2 Å². The molecule has 0 amide bonds. The van der Waals surface area contributed by atoms with Crippen LogP contribution >= 0.6 is 0 Å². The lowest BCUT2D eigenvalue weighted by atomic mass is 10.1. The first-order chi connectivity index (χ1) is 12.6. The lowest BCUT2D eigenvalue weighted by molar-refractivity contribution is -0.158. The van der Waals surface area contributed by atoms with Gasteiger partial charge in [-0.15, -0.1) is 0 Å². The van der Waals surface area contributed by atoms with Crippen LogP contribution in [0.2, 0.25) is 0 Å². The molecule has 0 spiro atoms. The molecule has 27 heavy (non-hydrogen) atoms. The van der Waals surface area contributed by atoms with Crippen LogP contribution in [0.4, 0.5) is 4.39 Å². The molecule has 0 aliphatic rings. The maximum atomic E-state index is 13.8. The first kappa shape index (κ1) is 20.7. The predicted octanol–water partition coefficient (Wildman–Crippen LogP) is 4.67. The molecule has 0 saturated carbocycles. The lowest BCUT2D eigenvalue weighted by Crippen LogP contribution is -2.39. The molecule has 0 aliphatic carbocycles. The van der Waals surface area contributed by atoms with Gasteiger partial charge in [0.15, 0.2) is 5.60 Å². The predicted molar refractivity (Wildman–Crippen MR) is 102 cm³/mol. The van der Waals surface area contributed by atoms with Crippen molar-refractivity contribution in [1.82, 2.24) is 0 Å². The molecule has 0 heterocycles. The summed E-state index contributed by atoms with van der Waals surface area (Å²) in [5.74, 6) is 0.578. The average Bonchev–Trinajstić information content (AvgIpc) is 2.57. The first-order valence-electron chi connectivity index (χ1n) is 8.83. The summed E-state index contributed by atoms with van der Waals surface area (Å²) in [5.41, 5.74) is 6.13. The summed E-state index contributed by atoms with van der Waals surface area (Å²) in [6, 6.07) is 9.25. The van der Waals surface area contributed by atoms with Crippen molar-refractivity contribution in [1.29, 1.82) is 0 Å². The Hall–Kier alpha value is -2.60. The highest BCUT2D eigenvalue weighted by molar-refractivity contribution is 5.79. The number of rotatable bonds is 7. The Bertz CT molecular complexity index is 818. The summed E-state index contributed by atoms with van der Waals surface area (Å²) in [7, 11) is 0. The van der Waals surface area contributed by atoms with Crippen LogP contribution in [0.15, 0.2) is 36.4 Å². The number of hydrogen-bond donors (Lipinski definition) is 1. The second kappa shape index (κ2) is 8.39. The monoisotopic (exact) mass is 375 g/mol. The van der Waals surface area contributed by atoms with Crippen molar-refractivity contribution >= 4 is 5.97 Å². The molecule has 2 aromatic carbocycles. The molecule has 6 heteroatoms. The molecule has 2 N–H and O–H groups in total. The fourth-order valence-corrected chi connectivity index (χ4v) is 2.46. The Labute approximate surface area is 159 Å². The van der Waals surface area contributed by atoms with Crippen LogP contribution in [0.1, 0.15) is 44.9 Å². The molecule has 0 unspecified atom stereocenters.